The molecule has 5 heteroatoms. The van der Waals surface area contributed by atoms with Gasteiger partial charge in [0.2, 0.25) is 0 Å². The molecular weight excluding hydrogens is 348 g/mol. The summed E-state index contributed by atoms with van der Waals surface area (Å²) in [6, 6.07) is 4.92. The van der Waals surface area contributed by atoms with Crippen molar-refractivity contribution in [2.75, 3.05) is 6.61 Å². The van der Waals surface area contributed by atoms with Crippen molar-refractivity contribution in [3.05, 3.63) is 45.6 Å². The highest BCUT2D eigenvalue weighted by molar-refractivity contribution is 9.10. The van der Waals surface area contributed by atoms with Crippen LogP contribution >= 0.6 is 15.9 Å². The van der Waals surface area contributed by atoms with E-state index in [1.807, 2.05) is 6.92 Å². The Morgan fingerprint density at radius 3 is 2.73 bits per heavy atom. The Kier molecular flexibility index (Phi) is 8.46. The topological polar surface area (TPSA) is 80.9 Å². The quantitative estimate of drug-likeness (QED) is 0.529. The van der Waals surface area contributed by atoms with Gasteiger partial charge < -0.3 is 20.4 Å². The molecule has 0 unspecified atom stereocenters. The first-order valence-corrected chi connectivity index (χ1v) is 8.15. The Morgan fingerprint density at radius 1 is 1.36 bits per heavy atom. The SMILES string of the molecule is CCCC(=C=CC[C@@H](O)c1cc(Br)ccc1O)C[C@@H](O)CO. The summed E-state index contributed by atoms with van der Waals surface area (Å²) in [5, 5.41) is 38.3. The van der Waals surface area contributed by atoms with E-state index < -0.39 is 12.2 Å². The zero-order valence-electron chi connectivity index (χ0n) is 12.7. The fourth-order valence-electron chi connectivity index (χ4n) is 2.12. The maximum atomic E-state index is 10.1. The molecule has 0 bridgehead atoms. The van der Waals surface area contributed by atoms with Crippen LogP contribution in [0, 0.1) is 0 Å². The Balaban J connectivity index is 2.79. The monoisotopic (exact) mass is 370 g/mol. The summed E-state index contributed by atoms with van der Waals surface area (Å²) in [6.45, 7) is 1.75. The molecule has 4 nitrogen and oxygen atoms in total. The minimum absolute atomic E-state index is 0.0533. The molecule has 0 aliphatic carbocycles. The number of phenolic OH excluding ortho intramolecular Hbond substituents is 1. The predicted molar refractivity (Wildman–Crippen MR) is 89.6 cm³/mol. The molecule has 0 aromatic heterocycles. The van der Waals surface area contributed by atoms with Crippen LogP contribution in [-0.2, 0) is 0 Å². The fraction of sp³-hybridized carbons (Fsp3) is 0.471. The lowest BCUT2D eigenvalue weighted by Gasteiger charge is -2.11. The molecule has 0 heterocycles. The molecule has 4 N–H and O–H groups in total. The van der Waals surface area contributed by atoms with E-state index >= 15 is 0 Å². The van der Waals surface area contributed by atoms with Gasteiger partial charge in [-0.25, -0.2) is 0 Å². The average molecular weight is 371 g/mol. The molecule has 0 radical (unpaired) electrons. The van der Waals surface area contributed by atoms with Crippen molar-refractivity contribution in [3.63, 3.8) is 0 Å². The van der Waals surface area contributed by atoms with Gasteiger partial charge in [-0.05, 0) is 36.3 Å². The molecule has 2 atom stereocenters. The smallest absolute Gasteiger partial charge is 0.121 e. The number of hydrogen-bond acceptors (Lipinski definition) is 4. The van der Waals surface area contributed by atoms with Crippen molar-refractivity contribution in [1.82, 2.24) is 0 Å². The first-order chi connectivity index (χ1) is 10.5. The van der Waals surface area contributed by atoms with E-state index in [9.17, 15) is 15.3 Å². The van der Waals surface area contributed by atoms with Crippen molar-refractivity contribution in [1.29, 1.82) is 0 Å². The van der Waals surface area contributed by atoms with Crippen molar-refractivity contribution >= 4 is 15.9 Å². The van der Waals surface area contributed by atoms with Crippen LogP contribution < -0.4 is 0 Å². The van der Waals surface area contributed by atoms with E-state index in [0.29, 0.717) is 18.4 Å². The molecule has 1 aromatic rings. The van der Waals surface area contributed by atoms with Crippen LogP contribution in [0.3, 0.4) is 0 Å². The Labute approximate surface area is 139 Å². The van der Waals surface area contributed by atoms with Gasteiger partial charge in [0.15, 0.2) is 0 Å². The van der Waals surface area contributed by atoms with Crippen LogP contribution in [0.5, 0.6) is 5.75 Å². The molecule has 1 aromatic carbocycles. The molecule has 0 aliphatic heterocycles. The molecule has 0 fully saturated rings. The number of halogens is 1. The number of aliphatic hydroxyl groups is 3. The average Bonchev–Trinajstić information content (AvgIpc) is 2.49. The minimum atomic E-state index is -0.823. The maximum absolute atomic E-state index is 10.1. The Bertz CT molecular complexity index is 535. The lowest BCUT2D eigenvalue weighted by molar-refractivity contribution is 0.0948. The van der Waals surface area contributed by atoms with Crippen LogP contribution in [-0.4, -0.2) is 33.1 Å². The summed E-state index contributed by atoms with van der Waals surface area (Å²) in [4.78, 5) is 0. The number of aromatic hydroxyl groups is 1. The molecule has 22 heavy (non-hydrogen) atoms. The van der Waals surface area contributed by atoms with Gasteiger partial charge in [0.1, 0.15) is 5.75 Å². The Morgan fingerprint density at radius 2 is 2.09 bits per heavy atom. The number of aliphatic hydroxyl groups excluding tert-OH is 3. The van der Waals surface area contributed by atoms with E-state index in [1.54, 1.807) is 18.2 Å². The highest BCUT2D eigenvalue weighted by atomic mass is 79.9. The van der Waals surface area contributed by atoms with Crippen molar-refractivity contribution in [2.45, 2.75) is 44.8 Å². The van der Waals surface area contributed by atoms with Crippen molar-refractivity contribution < 1.29 is 20.4 Å². The third kappa shape index (κ3) is 6.34. The standard InChI is InChI=1S/C17H23BrO4/c1-2-4-12(9-14(20)11-19)5-3-6-16(21)15-10-13(18)7-8-17(15)22/h3,7-8,10,14,16,19-22H,2,4,6,9,11H2,1H3/t5?,14-,16-/m1/s1. The molecule has 122 valence electrons. The van der Waals surface area contributed by atoms with Gasteiger partial charge >= 0.3 is 0 Å². The molecule has 0 aliphatic rings. The van der Waals surface area contributed by atoms with Gasteiger partial charge in [-0.15, -0.1) is 5.73 Å². The van der Waals surface area contributed by atoms with Crippen LogP contribution in [0.1, 0.15) is 44.3 Å². The van der Waals surface area contributed by atoms with Crippen molar-refractivity contribution in [3.8, 4) is 5.75 Å². The molecular formula is C17H23BrO4. The third-order valence-corrected chi connectivity index (χ3v) is 3.73. The van der Waals surface area contributed by atoms with Gasteiger partial charge in [-0.1, -0.05) is 29.3 Å². The summed E-state index contributed by atoms with van der Waals surface area (Å²) in [6.07, 6.45) is 2.50. The zero-order chi connectivity index (χ0) is 16.5. The van der Waals surface area contributed by atoms with Gasteiger partial charge in [0, 0.05) is 22.9 Å². The first-order valence-electron chi connectivity index (χ1n) is 7.36. The first kappa shape index (κ1) is 18.9. The second-order valence-corrected chi connectivity index (χ2v) is 6.11. The summed E-state index contributed by atoms with van der Waals surface area (Å²) in [5.41, 5.74) is 4.46. The minimum Gasteiger partial charge on any atom is -0.508 e. The molecule has 0 spiro atoms. The summed E-state index contributed by atoms with van der Waals surface area (Å²) >= 11 is 3.31. The summed E-state index contributed by atoms with van der Waals surface area (Å²) in [5.74, 6) is 0.0533. The predicted octanol–water partition coefficient (Wildman–Crippen LogP) is 3.20. The second-order valence-electron chi connectivity index (χ2n) is 5.20. The van der Waals surface area contributed by atoms with Crippen molar-refractivity contribution in [2.24, 2.45) is 0 Å². The van der Waals surface area contributed by atoms with E-state index in [0.717, 1.165) is 22.9 Å². The number of phenols is 1. The lowest BCUT2D eigenvalue weighted by atomic mass is 10.0. The van der Waals surface area contributed by atoms with Crippen LogP contribution in [0.2, 0.25) is 0 Å². The zero-order valence-corrected chi connectivity index (χ0v) is 14.3. The summed E-state index contributed by atoms with van der Waals surface area (Å²) < 4.78 is 0.789. The van der Waals surface area contributed by atoms with E-state index in [4.69, 9.17) is 5.11 Å². The normalized spacial score (nSPS) is 13.3. The maximum Gasteiger partial charge on any atom is 0.121 e. The third-order valence-electron chi connectivity index (χ3n) is 3.24. The van der Waals surface area contributed by atoms with Crippen LogP contribution in [0.4, 0.5) is 0 Å². The van der Waals surface area contributed by atoms with Gasteiger partial charge in [-0.2, -0.15) is 0 Å². The van der Waals surface area contributed by atoms with Crippen LogP contribution in [0.15, 0.2) is 40.1 Å². The lowest BCUT2D eigenvalue weighted by Crippen LogP contribution is -2.12. The Hall–Kier alpha value is -1.10. The van der Waals surface area contributed by atoms with E-state index in [-0.39, 0.29) is 12.4 Å². The summed E-state index contributed by atoms with van der Waals surface area (Å²) in [7, 11) is 0. The largest absolute Gasteiger partial charge is 0.508 e. The van der Waals surface area contributed by atoms with E-state index in [2.05, 4.69) is 21.7 Å². The van der Waals surface area contributed by atoms with E-state index in [1.165, 1.54) is 6.07 Å². The number of hydrogen-bond donors (Lipinski definition) is 4. The number of rotatable bonds is 8. The molecule has 0 saturated carbocycles. The molecule has 0 amide bonds. The highest BCUT2D eigenvalue weighted by Crippen LogP contribution is 2.29. The van der Waals surface area contributed by atoms with Crippen LogP contribution in [0.25, 0.3) is 0 Å². The molecule has 1 rings (SSSR count). The molecule has 0 saturated heterocycles. The van der Waals surface area contributed by atoms with Gasteiger partial charge in [0.05, 0.1) is 18.8 Å². The number of benzene rings is 1. The van der Waals surface area contributed by atoms with Gasteiger partial charge in [-0.3, -0.25) is 0 Å². The van der Waals surface area contributed by atoms with Gasteiger partial charge in [0.25, 0.3) is 0 Å². The fourth-order valence-corrected chi connectivity index (χ4v) is 2.50. The second kappa shape index (κ2) is 9.82. The highest BCUT2D eigenvalue weighted by Gasteiger charge is 2.11.